The molecule has 2 N–H and O–H groups in total. The molecule has 0 fully saturated rings. The van der Waals surface area contributed by atoms with Crippen molar-refractivity contribution in [1.29, 1.82) is 0 Å². The minimum Gasteiger partial charge on any atom is -0.454 e. The second-order valence-corrected chi connectivity index (χ2v) is 7.00. The van der Waals surface area contributed by atoms with Crippen LogP contribution in [0.5, 0.6) is 0 Å². The Bertz CT molecular complexity index is 973. The lowest BCUT2D eigenvalue weighted by Gasteiger charge is -2.21. The van der Waals surface area contributed by atoms with E-state index in [0.29, 0.717) is 5.76 Å². The second-order valence-electron chi connectivity index (χ2n) is 6.60. The van der Waals surface area contributed by atoms with E-state index in [4.69, 9.17) is 20.9 Å². The molecule has 2 aromatic rings. The van der Waals surface area contributed by atoms with Crippen LogP contribution in [0.25, 0.3) is 0 Å². The Balaban J connectivity index is 1.99. The molecule has 12 heteroatoms. The minimum atomic E-state index is -1.08. The fourth-order valence-corrected chi connectivity index (χ4v) is 2.61. The maximum Gasteiger partial charge on any atom is 0.329 e. The Morgan fingerprint density at radius 3 is 2.53 bits per heavy atom. The number of aromatic nitrogens is 1. The monoisotopic (exact) mass is 438 g/mol. The van der Waals surface area contributed by atoms with Gasteiger partial charge in [-0.1, -0.05) is 30.6 Å². The van der Waals surface area contributed by atoms with E-state index in [2.05, 4.69) is 15.8 Å². The predicted molar refractivity (Wildman–Crippen MR) is 105 cm³/mol. The van der Waals surface area contributed by atoms with Gasteiger partial charge < -0.3 is 19.9 Å². The molecule has 11 nitrogen and oxygen atoms in total. The van der Waals surface area contributed by atoms with Gasteiger partial charge in [-0.2, -0.15) is 0 Å². The van der Waals surface area contributed by atoms with Crippen LogP contribution in [-0.2, 0) is 14.3 Å². The van der Waals surface area contributed by atoms with Gasteiger partial charge in [-0.3, -0.25) is 19.7 Å². The van der Waals surface area contributed by atoms with Crippen molar-refractivity contribution in [3.8, 4) is 0 Å². The first-order valence-electron chi connectivity index (χ1n) is 8.73. The number of nitro benzene ring substituents is 1. The highest BCUT2D eigenvalue weighted by atomic mass is 35.5. The Morgan fingerprint density at radius 2 is 2.00 bits per heavy atom. The van der Waals surface area contributed by atoms with Gasteiger partial charge in [-0.05, 0) is 18.9 Å². The van der Waals surface area contributed by atoms with Crippen LogP contribution >= 0.6 is 11.6 Å². The third-order valence-corrected chi connectivity index (χ3v) is 4.17. The number of anilines is 1. The number of aryl methyl sites for hydroxylation is 1. The van der Waals surface area contributed by atoms with Crippen LogP contribution in [0.15, 0.2) is 28.8 Å². The highest BCUT2D eigenvalue weighted by Crippen LogP contribution is 2.22. The summed E-state index contributed by atoms with van der Waals surface area (Å²) in [5.74, 6) is -1.88. The number of carbonyl (C=O) groups excluding carboxylic acids is 3. The van der Waals surface area contributed by atoms with Crippen molar-refractivity contribution < 1.29 is 28.6 Å². The summed E-state index contributed by atoms with van der Waals surface area (Å²) in [6.07, 6.45) is 0. The average Bonchev–Trinajstić information content (AvgIpc) is 3.08. The summed E-state index contributed by atoms with van der Waals surface area (Å²) in [5.41, 5.74) is -0.315. The zero-order valence-corrected chi connectivity index (χ0v) is 17.1. The van der Waals surface area contributed by atoms with Gasteiger partial charge in [0.05, 0.1) is 15.5 Å². The van der Waals surface area contributed by atoms with Crippen molar-refractivity contribution in [2.75, 3.05) is 11.9 Å². The van der Waals surface area contributed by atoms with Crippen molar-refractivity contribution in [2.24, 2.45) is 5.92 Å². The molecule has 0 unspecified atom stereocenters. The molecule has 160 valence electrons. The Hall–Kier alpha value is -3.47. The highest BCUT2D eigenvalue weighted by Gasteiger charge is 2.28. The van der Waals surface area contributed by atoms with Gasteiger partial charge in [-0.15, -0.1) is 0 Å². The summed E-state index contributed by atoms with van der Waals surface area (Å²) in [4.78, 5) is 46.8. The molecule has 30 heavy (non-hydrogen) atoms. The number of nitro groups is 1. The molecule has 1 aromatic heterocycles. The number of halogens is 1. The van der Waals surface area contributed by atoms with E-state index in [1.165, 1.54) is 12.1 Å². The molecule has 0 spiro atoms. The molecule has 0 bridgehead atoms. The van der Waals surface area contributed by atoms with E-state index in [-0.39, 0.29) is 28.0 Å². The molecule has 0 aliphatic heterocycles. The molecule has 2 rings (SSSR count). The Kier molecular flexibility index (Phi) is 7.48. The van der Waals surface area contributed by atoms with Crippen molar-refractivity contribution in [3.05, 3.63) is 50.7 Å². The lowest BCUT2D eigenvalue weighted by Crippen LogP contribution is -2.46. The Morgan fingerprint density at radius 1 is 1.30 bits per heavy atom. The summed E-state index contributed by atoms with van der Waals surface area (Å²) < 4.78 is 9.79. The number of non-ortho nitro benzene ring substituents is 1. The van der Waals surface area contributed by atoms with Gasteiger partial charge >= 0.3 is 5.97 Å². The fraction of sp³-hybridized carbons (Fsp3) is 0.333. The summed E-state index contributed by atoms with van der Waals surface area (Å²) in [6.45, 7) is 4.39. The van der Waals surface area contributed by atoms with Crippen LogP contribution in [-0.4, -0.2) is 40.5 Å². The lowest BCUT2D eigenvalue weighted by molar-refractivity contribution is -0.384. The van der Waals surface area contributed by atoms with E-state index in [1.54, 1.807) is 20.8 Å². The molecular formula is C18H19ClN4O7. The topological polar surface area (TPSA) is 154 Å². The Labute approximate surface area is 175 Å². The lowest BCUT2D eigenvalue weighted by atomic mass is 10.0. The molecule has 1 atom stereocenters. The largest absolute Gasteiger partial charge is 0.454 e. The van der Waals surface area contributed by atoms with Crippen molar-refractivity contribution in [2.45, 2.75) is 26.8 Å². The quantitative estimate of drug-likeness (QED) is 0.362. The predicted octanol–water partition coefficient (Wildman–Crippen LogP) is 2.48. The van der Waals surface area contributed by atoms with E-state index in [1.807, 2.05) is 0 Å². The van der Waals surface area contributed by atoms with Gasteiger partial charge in [0.15, 0.2) is 12.4 Å². The molecule has 1 aromatic carbocycles. The smallest absolute Gasteiger partial charge is 0.329 e. The number of esters is 1. The van der Waals surface area contributed by atoms with Gasteiger partial charge in [-0.25, -0.2) is 4.79 Å². The molecule has 0 aliphatic rings. The summed E-state index contributed by atoms with van der Waals surface area (Å²) in [7, 11) is 0. The number of carbonyl (C=O) groups is 3. The number of nitrogens with one attached hydrogen (secondary N) is 2. The van der Waals surface area contributed by atoms with E-state index >= 15 is 0 Å². The molecule has 0 saturated carbocycles. The van der Waals surface area contributed by atoms with Gasteiger partial charge in [0, 0.05) is 18.2 Å². The summed E-state index contributed by atoms with van der Waals surface area (Å²) >= 11 is 5.94. The van der Waals surface area contributed by atoms with Crippen molar-refractivity contribution >= 4 is 40.9 Å². The maximum absolute atomic E-state index is 12.5. The zero-order valence-electron chi connectivity index (χ0n) is 16.3. The number of benzene rings is 1. The molecular weight excluding hydrogens is 420 g/mol. The number of amides is 2. The number of rotatable bonds is 8. The van der Waals surface area contributed by atoms with Crippen LogP contribution < -0.4 is 10.6 Å². The minimum absolute atomic E-state index is 0.0418. The van der Waals surface area contributed by atoms with Crippen LogP contribution in [0.1, 0.15) is 30.0 Å². The number of hydrogen-bond donors (Lipinski definition) is 2. The zero-order chi connectivity index (χ0) is 22.4. The van der Waals surface area contributed by atoms with Gasteiger partial charge in [0.25, 0.3) is 17.5 Å². The first-order valence-corrected chi connectivity index (χ1v) is 9.11. The SMILES string of the molecule is Cc1cc(NC(=O)COC(=O)[C@@H](NC(=O)c2ccc([N+](=O)[O-])cc2Cl)C(C)C)no1. The fourth-order valence-electron chi connectivity index (χ4n) is 2.35. The first-order chi connectivity index (χ1) is 14.1. The first kappa shape index (κ1) is 22.8. The standard InChI is InChI=1S/C18H19ClN4O7/c1-9(2)16(18(26)29-8-15(24)20-14-6-10(3)30-22-14)21-17(25)12-5-4-11(23(27)28)7-13(12)19/h4-7,9,16H,8H2,1-3H3,(H,21,25)(H,20,22,24)/t16-/m0/s1. The van der Waals surface area contributed by atoms with Crippen LogP contribution in [0.2, 0.25) is 5.02 Å². The van der Waals surface area contributed by atoms with Crippen LogP contribution in [0, 0.1) is 23.0 Å². The molecule has 0 radical (unpaired) electrons. The van der Waals surface area contributed by atoms with Crippen molar-refractivity contribution in [3.63, 3.8) is 0 Å². The molecule has 1 heterocycles. The maximum atomic E-state index is 12.5. The van der Waals surface area contributed by atoms with E-state index in [0.717, 1.165) is 12.1 Å². The van der Waals surface area contributed by atoms with Crippen LogP contribution in [0.3, 0.4) is 0 Å². The number of hydrogen-bond acceptors (Lipinski definition) is 8. The molecule has 2 amide bonds. The summed E-state index contributed by atoms with van der Waals surface area (Å²) in [5, 5.41) is 19.1. The number of ether oxygens (including phenoxy) is 1. The van der Waals surface area contributed by atoms with Gasteiger partial charge in [0.2, 0.25) is 0 Å². The van der Waals surface area contributed by atoms with Crippen LogP contribution in [0.4, 0.5) is 11.5 Å². The average molecular weight is 439 g/mol. The second kappa shape index (κ2) is 9.83. The number of nitrogens with zero attached hydrogens (tertiary/aromatic N) is 2. The van der Waals surface area contributed by atoms with E-state index in [9.17, 15) is 24.5 Å². The van der Waals surface area contributed by atoms with Gasteiger partial charge in [0.1, 0.15) is 11.8 Å². The van der Waals surface area contributed by atoms with E-state index < -0.39 is 35.4 Å². The third kappa shape index (κ3) is 6.01. The molecule has 0 saturated heterocycles. The third-order valence-electron chi connectivity index (χ3n) is 3.86. The van der Waals surface area contributed by atoms with Crippen molar-refractivity contribution in [1.82, 2.24) is 10.5 Å². The summed E-state index contributed by atoms with van der Waals surface area (Å²) in [6, 6.07) is 3.76. The molecule has 0 aliphatic carbocycles. The highest BCUT2D eigenvalue weighted by molar-refractivity contribution is 6.34. The normalized spacial score (nSPS) is 11.6.